The van der Waals surface area contributed by atoms with E-state index in [2.05, 4.69) is 20.8 Å². The molecular formula is C24H40O6S. The summed E-state index contributed by atoms with van der Waals surface area (Å²) in [5, 5.41) is 19.7. The van der Waals surface area contributed by atoms with Gasteiger partial charge in [-0.1, -0.05) is 20.8 Å². The van der Waals surface area contributed by atoms with E-state index in [0.717, 1.165) is 38.5 Å². The molecule has 4 aliphatic rings. The number of hydrogen-bond acceptors (Lipinski definition) is 4. The first-order valence-electron chi connectivity index (χ1n) is 12.2. The molecule has 4 fully saturated rings. The van der Waals surface area contributed by atoms with Gasteiger partial charge in [0.05, 0.1) is 11.4 Å². The third kappa shape index (κ3) is 3.86. The molecule has 0 aromatic carbocycles. The number of hydrogen-bond donors (Lipinski definition) is 3. The number of carboxylic acids is 1. The predicted octanol–water partition coefficient (Wildman–Crippen LogP) is 4.37. The van der Waals surface area contributed by atoms with E-state index in [1.807, 2.05) is 0 Å². The van der Waals surface area contributed by atoms with Crippen LogP contribution in [0.3, 0.4) is 0 Å². The molecule has 4 rings (SSSR count). The minimum absolute atomic E-state index is 0.0272. The second kappa shape index (κ2) is 7.98. The zero-order valence-corrected chi connectivity index (χ0v) is 20.0. The van der Waals surface area contributed by atoms with Crippen LogP contribution in [0.4, 0.5) is 0 Å². The van der Waals surface area contributed by atoms with Crippen LogP contribution >= 0.6 is 0 Å². The number of carboxylic acid groups (broad SMARTS) is 1. The van der Waals surface area contributed by atoms with Crippen LogP contribution in [0.15, 0.2) is 0 Å². The van der Waals surface area contributed by atoms with Gasteiger partial charge in [-0.2, -0.15) is 8.42 Å². The minimum atomic E-state index is -4.03. The van der Waals surface area contributed by atoms with Crippen LogP contribution in [0.1, 0.15) is 85.0 Å². The molecule has 178 valence electrons. The summed E-state index contributed by atoms with van der Waals surface area (Å²) < 4.78 is 33.1. The Balaban J connectivity index is 1.55. The summed E-state index contributed by atoms with van der Waals surface area (Å²) in [5.74, 6) is 1.39. The fourth-order valence-corrected chi connectivity index (χ4v) is 9.87. The molecule has 4 aliphatic carbocycles. The lowest BCUT2D eigenvalue weighted by molar-refractivity contribution is -0.164. The fraction of sp³-hybridized carbons (Fsp3) is 0.958. The van der Waals surface area contributed by atoms with Crippen LogP contribution in [0, 0.1) is 46.3 Å². The van der Waals surface area contributed by atoms with Gasteiger partial charge in [-0.25, -0.2) is 0 Å². The molecule has 31 heavy (non-hydrogen) atoms. The topological polar surface area (TPSA) is 112 Å². The highest BCUT2D eigenvalue weighted by Gasteiger charge is 2.63. The Morgan fingerprint density at radius 2 is 1.68 bits per heavy atom. The van der Waals surface area contributed by atoms with Crippen molar-refractivity contribution in [2.45, 2.75) is 96.3 Å². The second-order valence-electron chi connectivity index (χ2n) is 11.8. The summed E-state index contributed by atoms with van der Waals surface area (Å²) >= 11 is 0. The average molecular weight is 457 g/mol. The summed E-state index contributed by atoms with van der Waals surface area (Å²) in [6, 6.07) is 0. The Kier molecular flexibility index (Phi) is 6.05. The fourth-order valence-electron chi connectivity index (χ4n) is 8.98. The van der Waals surface area contributed by atoms with Gasteiger partial charge in [-0.3, -0.25) is 9.35 Å². The molecule has 0 saturated heterocycles. The molecule has 0 amide bonds. The quantitative estimate of drug-likeness (QED) is 0.530. The van der Waals surface area contributed by atoms with Crippen molar-refractivity contribution in [1.29, 1.82) is 0 Å². The van der Waals surface area contributed by atoms with E-state index in [-0.39, 0.29) is 29.1 Å². The Morgan fingerprint density at radius 3 is 2.32 bits per heavy atom. The highest BCUT2D eigenvalue weighted by Crippen LogP contribution is 2.68. The average Bonchev–Trinajstić information content (AvgIpc) is 3.02. The zero-order chi connectivity index (χ0) is 22.8. The highest BCUT2D eigenvalue weighted by atomic mass is 32.2. The van der Waals surface area contributed by atoms with Crippen LogP contribution in [0.25, 0.3) is 0 Å². The Bertz CT molecular complexity index is 811. The van der Waals surface area contributed by atoms with Crippen LogP contribution in [-0.4, -0.2) is 40.5 Å². The molecule has 0 spiro atoms. The van der Waals surface area contributed by atoms with Crippen LogP contribution in [0.2, 0.25) is 0 Å². The van der Waals surface area contributed by atoms with E-state index in [4.69, 9.17) is 5.11 Å². The Morgan fingerprint density at radius 1 is 1.03 bits per heavy atom. The summed E-state index contributed by atoms with van der Waals surface area (Å²) in [4.78, 5) is 11.1. The number of rotatable bonds is 5. The predicted molar refractivity (Wildman–Crippen MR) is 118 cm³/mol. The van der Waals surface area contributed by atoms with Gasteiger partial charge < -0.3 is 10.2 Å². The number of aliphatic hydroxyl groups is 1. The minimum Gasteiger partial charge on any atom is -0.481 e. The maximum absolute atomic E-state index is 11.8. The molecule has 0 aliphatic heterocycles. The van der Waals surface area contributed by atoms with Crippen molar-refractivity contribution in [2.75, 3.05) is 0 Å². The summed E-state index contributed by atoms with van der Waals surface area (Å²) in [7, 11) is -4.03. The molecule has 7 heteroatoms. The van der Waals surface area contributed by atoms with E-state index >= 15 is 0 Å². The number of carbonyl (C=O) groups is 1. The Hall–Kier alpha value is -0.660. The Labute approximate surface area is 186 Å². The largest absolute Gasteiger partial charge is 0.481 e. The van der Waals surface area contributed by atoms with Gasteiger partial charge in [-0.15, -0.1) is 0 Å². The molecule has 10 atom stereocenters. The number of fused-ring (bicyclic) bond motifs is 5. The molecule has 6 nitrogen and oxygen atoms in total. The number of aliphatic carboxylic acids is 1. The zero-order valence-electron chi connectivity index (χ0n) is 19.2. The summed E-state index contributed by atoms with van der Waals surface area (Å²) in [5.41, 5.74) is 0.175. The van der Waals surface area contributed by atoms with E-state index < -0.39 is 27.4 Å². The second-order valence-corrected chi connectivity index (χ2v) is 13.5. The molecule has 0 bridgehead atoms. The molecular weight excluding hydrogens is 416 g/mol. The molecule has 0 heterocycles. The lowest BCUT2D eigenvalue weighted by Gasteiger charge is -2.62. The van der Waals surface area contributed by atoms with Crippen LogP contribution in [-0.2, 0) is 14.9 Å². The monoisotopic (exact) mass is 456 g/mol. The summed E-state index contributed by atoms with van der Waals surface area (Å²) in [6.45, 7) is 6.91. The first kappa shape index (κ1) is 23.5. The maximum Gasteiger partial charge on any atom is 0.303 e. The molecule has 0 radical (unpaired) electrons. The van der Waals surface area contributed by atoms with Gasteiger partial charge >= 0.3 is 5.97 Å². The van der Waals surface area contributed by atoms with E-state index in [1.54, 1.807) is 0 Å². The van der Waals surface area contributed by atoms with Crippen molar-refractivity contribution in [3.05, 3.63) is 0 Å². The molecule has 0 aromatic heterocycles. The highest BCUT2D eigenvalue weighted by molar-refractivity contribution is 7.86. The van der Waals surface area contributed by atoms with E-state index in [0.29, 0.717) is 42.9 Å². The third-order valence-electron chi connectivity index (χ3n) is 10.6. The van der Waals surface area contributed by atoms with Crippen LogP contribution < -0.4 is 0 Å². The van der Waals surface area contributed by atoms with Crippen molar-refractivity contribution in [3.63, 3.8) is 0 Å². The molecule has 4 saturated carbocycles. The standard InChI is InChI=1S/C24H40O6S/c1-14(4-7-21(26)27)17-5-6-18-22-19(9-11-24(17,18)3)23(2)10-8-16(31(28,29)30)12-15(23)13-20(22)25/h14-20,22,25H,4-13H2,1-3H3,(H,26,27)(H,28,29,30)/t14-,15+,16-,17-,18+,19+,20+,22+,23+,24-/m1/s1. The summed E-state index contributed by atoms with van der Waals surface area (Å²) in [6.07, 6.45) is 7.33. The van der Waals surface area contributed by atoms with Crippen molar-refractivity contribution < 1.29 is 28.0 Å². The van der Waals surface area contributed by atoms with Crippen molar-refractivity contribution in [2.24, 2.45) is 46.3 Å². The lowest BCUT2D eigenvalue weighted by atomic mass is 9.44. The van der Waals surface area contributed by atoms with Crippen molar-refractivity contribution >= 4 is 16.1 Å². The normalized spacial score (nSPS) is 48.4. The van der Waals surface area contributed by atoms with Crippen molar-refractivity contribution in [3.8, 4) is 0 Å². The molecule has 3 N–H and O–H groups in total. The van der Waals surface area contributed by atoms with Gasteiger partial charge in [0.15, 0.2) is 0 Å². The molecule has 0 aromatic rings. The first-order chi connectivity index (χ1) is 14.4. The van der Waals surface area contributed by atoms with E-state index in [1.165, 1.54) is 0 Å². The van der Waals surface area contributed by atoms with E-state index in [9.17, 15) is 22.9 Å². The smallest absolute Gasteiger partial charge is 0.303 e. The SMILES string of the molecule is C[C@H](CCC(=O)O)[C@H]1CC[C@H]2[C@@H]3[C@@H](O)C[C@@H]4C[C@H](S(=O)(=O)O)CC[C@]4(C)[C@H]3CC[C@]12C. The van der Waals surface area contributed by atoms with Gasteiger partial charge in [0.1, 0.15) is 0 Å². The van der Waals surface area contributed by atoms with Gasteiger partial charge in [0.25, 0.3) is 10.1 Å². The third-order valence-corrected chi connectivity index (χ3v) is 11.9. The van der Waals surface area contributed by atoms with Crippen LogP contribution in [0.5, 0.6) is 0 Å². The lowest BCUT2D eigenvalue weighted by Crippen LogP contribution is -2.59. The first-order valence-corrected chi connectivity index (χ1v) is 13.7. The maximum atomic E-state index is 11.8. The molecule has 0 unspecified atom stereocenters. The van der Waals surface area contributed by atoms with Gasteiger partial charge in [0.2, 0.25) is 0 Å². The van der Waals surface area contributed by atoms with Crippen molar-refractivity contribution in [1.82, 2.24) is 0 Å². The number of aliphatic hydroxyl groups excluding tert-OH is 1. The van der Waals surface area contributed by atoms with Gasteiger partial charge in [0, 0.05) is 6.42 Å². The van der Waals surface area contributed by atoms with Gasteiger partial charge in [-0.05, 0) is 104 Å².